The normalized spacial score (nSPS) is 22.0. The molecule has 3 nitrogen and oxygen atoms in total. The summed E-state index contributed by atoms with van der Waals surface area (Å²) in [5.74, 6) is 0.277. The molecule has 1 aromatic rings. The van der Waals surface area contributed by atoms with Crippen LogP contribution in [0.1, 0.15) is 24.0 Å². The molecule has 17 heavy (non-hydrogen) atoms. The maximum Gasteiger partial charge on any atom is 0.237 e. The Labute approximate surface area is 102 Å². The van der Waals surface area contributed by atoms with E-state index in [0.29, 0.717) is 0 Å². The third-order valence-corrected chi connectivity index (χ3v) is 4.20. The molecule has 2 heterocycles. The predicted molar refractivity (Wildman–Crippen MR) is 68.4 cm³/mol. The number of nitrogens with zero attached hydrogens (tertiary/aromatic N) is 1. The topological polar surface area (TPSA) is 32.3 Å². The highest BCUT2D eigenvalue weighted by molar-refractivity contribution is 6.07. The summed E-state index contributed by atoms with van der Waals surface area (Å²) in [6.07, 6.45) is 1.85. The summed E-state index contributed by atoms with van der Waals surface area (Å²) in [6.45, 7) is 3.95. The highest BCUT2D eigenvalue weighted by atomic mass is 16.2. The smallest absolute Gasteiger partial charge is 0.237 e. The van der Waals surface area contributed by atoms with Crippen LogP contribution in [0.3, 0.4) is 0 Å². The zero-order chi connectivity index (χ0) is 12.0. The molecule has 1 saturated heterocycles. The summed E-state index contributed by atoms with van der Waals surface area (Å²) in [4.78, 5) is 14.4. The van der Waals surface area contributed by atoms with Crippen LogP contribution in [0.2, 0.25) is 0 Å². The summed E-state index contributed by atoms with van der Waals surface area (Å²) in [6, 6.07) is 6.40. The van der Waals surface area contributed by atoms with Crippen LogP contribution in [0.5, 0.6) is 0 Å². The van der Waals surface area contributed by atoms with Crippen molar-refractivity contribution in [1.29, 1.82) is 0 Å². The van der Waals surface area contributed by atoms with E-state index in [2.05, 4.69) is 30.4 Å². The van der Waals surface area contributed by atoms with Crippen LogP contribution in [0, 0.1) is 6.92 Å². The van der Waals surface area contributed by atoms with E-state index in [9.17, 15) is 4.79 Å². The molecule has 0 saturated carbocycles. The van der Waals surface area contributed by atoms with Crippen molar-refractivity contribution < 1.29 is 4.79 Å². The lowest BCUT2D eigenvalue weighted by Gasteiger charge is -2.32. The minimum atomic E-state index is -0.247. The second-order valence-electron chi connectivity index (χ2n) is 5.22. The SMILES string of the molecule is Cc1ccc2c(c1)N(C)C(=O)C21CCNCC1. The Morgan fingerprint density at radius 2 is 2.00 bits per heavy atom. The first-order valence-corrected chi connectivity index (χ1v) is 6.25. The minimum absolute atomic E-state index is 0.247. The fourth-order valence-electron chi connectivity index (χ4n) is 3.21. The lowest BCUT2D eigenvalue weighted by Crippen LogP contribution is -2.46. The molecule has 1 aromatic carbocycles. The summed E-state index contributed by atoms with van der Waals surface area (Å²) < 4.78 is 0. The van der Waals surface area contributed by atoms with Gasteiger partial charge < -0.3 is 10.2 Å². The first-order valence-electron chi connectivity index (χ1n) is 6.25. The number of rotatable bonds is 0. The molecule has 90 valence electrons. The Bertz CT molecular complexity index is 475. The Hall–Kier alpha value is -1.35. The number of hydrogen-bond acceptors (Lipinski definition) is 2. The van der Waals surface area contributed by atoms with Gasteiger partial charge in [0.15, 0.2) is 0 Å². The van der Waals surface area contributed by atoms with E-state index in [1.54, 1.807) is 0 Å². The van der Waals surface area contributed by atoms with Gasteiger partial charge in [0.1, 0.15) is 0 Å². The van der Waals surface area contributed by atoms with Crippen molar-refractivity contribution in [2.24, 2.45) is 0 Å². The van der Waals surface area contributed by atoms with Crippen molar-refractivity contribution in [2.75, 3.05) is 25.0 Å². The minimum Gasteiger partial charge on any atom is -0.317 e. The quantitative estimate of drug-likeness (QED) is 0.734. The van der Waals surface area contributed by atoms with Gasteiger partial charge >= 0.3 is 0 Å². The summed E-state index contributed by atoms with van der Waals surface area (Å²) in [5, 5.41) is 3.34. The van der Waals surface area contributed by atoms with Crippen LogP contribution in [-0.2, 0) is 10.2 Å². The molecule has 1 fully saturated rings. The van der Waals surface area contributed by atoms with E-state index in [-0.39, 0.29) is 11.3 Å². The number of aryl methyl sites for hydroxylation is 1. The van der Waals surface area contributed by atoms with E-state index in [0.717, 1.165) is 31.6 Å². The largest absolute Gasteiger partial charge is 0.317 e. The highest BCUT2D eigenvalue weighted by Crippen LogP contribution is 2.46. The van der Waals surface area contributed by atoms with Crippen molar-refractivity contribution in [1.82, 2.24) is 5.32 Å². The van der Waals surface area contributed by atoms with Crippen molar-refractivity contribution in [3.63, 3.8) is 0 Å². The number of fused-ring (bicyclic) bond motifs is 2. The molecule has 0 aromatic heterocycles. The molecule has 1 spiro atoms. The fraction of sp³-hybridized carbons (Fsp3) is 0.500. The molecule has 0 radical (unpaired) electrons. The Kier molecular flexibility index (Phi) is 2.26. The van der Waals surface area contributed by atoms with Gasteiger partial charge in [-0.3, -0.25) is 4.79 Å². The van der Waals surface area contributed by atoms with Crippen molar-refractivity contribution in [3.05, 3.63) is 29.3 Å². The predicted octanol–water partition coefficient (Wildman–Crippen LogP) is 1.59. The number of piperidine rings is 1. The van der Waals surface area contributed by atoms with E-state index in [1.165, 1.54) is 11.1 Å². The molecule has 0 unspecified atom stereocenters. The fourth-order valence-corrected chi connectivity index (χ4v) is 3.21. The number of nitrogens with one attached hydrogen (secondary N) is 1. The standard InChI is InChI=1S/C14H18N2O/c1-10-3-4-11-12(9-10)16(2)13(17)14(11)5-7-15-8-6-14/h3-4,9,15H,5-8H2,1-2H3. The van der Waals surface area contributed by atoms with Crippen LogP contribution in [0.25, 0.3) is 0 Å². The number of benzene rings is 1. The Morgan fingerprint density at radius 1 is 1.29 bits per heavy atom. The van der Waals surface area contributed by atoms with Gasteiger partial charge in [-0.05, 0) is 50.0 Å². The van der Waals surface area contributed by atoms with Crippen LogP contribution in [0.4, 0.5) is 5.69 Å². The van der Waals surface area contributed by atoms with Crippen LogP contribution >= 0.6 is 0 Å². The number of likely N-dealkylation sites (N-methyl/N-ethyl adjacent to an activating group) is 1. The van der Waals surface area contributed by atoms with E-state index in [4.69, 9.17) is 0 Å². The van der Waals surface area contributed by atoms with Gasteiger partial charge in [0.2, 0.25) is 5.91 Å². The molecule has 2 aliphatic rings. The van der Waals surface area contributed by atoms with Gasteiger partial charge in [0.05, 0.1) is 5.41 Å². The summed E-state index contributed by atoms with van der Waals surface area (Å²) in [7, 11) is 1.90. The highest BCUT2D eigenvalue weighted by Gasteiger charge is 2.49. The molecular weight excluding hydrogens is 212 g/mol. The van der Waals surface area contributed by atoms with Gasteiger partial charge in [-0.2, -0.15) is 0 Å². The molecule has 3 heteroatoms. The van der Waals surface area contributed by atoms with Crippen molar-refractivity contribution in [3.8, 4) is 0 Å². The number of hydrogen-bond donors (Lipinski definition) is 1. The monoisotopic (exact) mass is 230 g/mol. The second-order valence-corrected chi connectivity index (χ2v) is 5.22. The lowest BCUT2D eigenvalue weighted by atomic mass is 9.74. The van der Waals surface area contributed by atoms with E-state index in [1.807, 2.05) is 11.9 Å². The molecule has 0 atom stereocenters. The number of anilines is 1. The number of carbonyl (C=O) groups excluding carboxylic acids is 1. The van der Waals surface area contributed by atoms with Gasteiger partial charge in [0, 0.05) is 12.7 Å². The zero-order valence-electron chi connectivity index (χ0n) is 10.4. The summed E-state index contributed by atoms with van der Waals surface area (Å²) in [5.41, 5.74) is 3.31. The second kappa shape index (κ2) is 3.57. The van der Waals surface area contributed by atoms with E-state index >= 15 is 0 Å². The lowest BCUT2D eigenvalue weighted by molar-refractivity contribution is -0.123. The molecular formula is C14H18N2O. The van der Waals surface area contributed by atoms with Crippen molar-refractivity contribution >= 4 is 11.6 Å². The summed E-state index contributed by atoms with van der Waals surface area (Å²) >= 11 is 0. The van der Waals surface area contributed by atoms with E-state index < -0.39 is 0 Å². The first kappa shape index (κ1) is 10.8. The molecule has 0 bridgehead atoms. The molecule has 2 aliphatic heterocycles. The number of carbonyl (C=O) groups is 1. The zero-order valence-corrected chi connectivity index (χ0v) is 10.4. The van der Waals surface area contributed by atoms with Gasteiger partial charge in [-0.1, -0.05) is 12.1 Å². The third-order valence-electron chi connectivity index (χ3n) is 4.20. The average Bonchev–Trinajstić information content (AvgIpc) is 2.54. The molecule has 0 aliphatic carbocycles. The molecule has 1 amide bonds. The molecule has 3 rings (SSSR count). The number of amides is 1. The van der Waals surface area contributed by atoms with Gasteiger partial charge in [-0.25, -0.2) is 0 Å². The van der Waals surface area contributed by atoms with Gasteiger partial charge in [-0.15, -0.1) is 0 Å². The van der Waals surface area contributed by atoms with Crippen molar-refractivity contribution in [2.45, 2.75) is 25.2 Å². The Morgan fingerprint density at radius 3 is 2.71 bits per heavy atom. The van der Waals surface area contributed by atoms with Crippen LogP contribution < -0.4 is 10.2 Å². The Balaban J connectivity index is 2.16. The maximum atomic E-state index is 12.5. The molecule has 1 N–H and O–H groups in total. The average molecular weight is 230 g/mol. The van der Waals surface area contributed by atoms with Crippen LogP contribution in [0.15, 0.2) is 18.2 Å². The van der Waals surface area contributed by atoms with Gasteiger partial charge in [0.25, 0.3) is 0 Å². The maximum absolute atomic E-state index is 12.5. The third kappa shape index (κ3) is 1.35. The van der Waals surface area contributed by atoms with Crippen LogP contribution in [-0.4, -0.2) is 26.0 Å². The first-order chi connectivity index (χ1) is 8.15.